The Morgan fingerprint density at radius 3 is 2.73 bits per heavy atom. The van der Waals surface area contributed by atoms with Gasteiger partial charge in [0.2, 0.25) is 0 Å². The molecule has 1 heterocycles. The summed E-state index contributed by atoms with van der Waals surface area (Å²) in [6.07, 6.45) is 2.20. The number of hydrogen-bond acceptors (Lipinski definition) is 0. The van der Waals surface area contributed by atoms with Crippen LogP contribution in [-0.4, -0.2) is 14.7 Å². The fourth-order valence-corrected chi connectivity index (χ4v) is 2.81. The third-order valence-corrected chi connectivity index (χ3v) is 3.50. The molecule has 0 aliphatic rings. The van der Waals surface area contributed by atoms with Crippen LogP contribution in [0.1, 0.15) is 0 Å². The van der Waals surface area contributed by atoms with Gasteiger partial charge in [0.15, 0.2) is 0 Å². The molecule has 3 heteroatoms. The van der Waals surface area contributed by atoms with E-state index < -0.39 is 0 Å². The number of benzene rings is 1. The fraction of sp³-hybridized carbons (Fsp3) is 0.125. The molecular weight excluding hydrogens is 316 g/mol. The van der Waals surface area contributed by atoms with Crippen LogP contribution in [0.4, 0.5) is 0 Å². The van der Waals surface area contributed by atoms with Gasteiger partial charge in [-0.1, -0.05) is 0 Å². The van der Waals surface area contributed by atoms with Crippen LogP contribution in [0.15, 0.2) is 30.5 Å². The maximum Gasteiger partial charge on any atom is -1.00 e. The van der Waals surface area contributed by atoms with Gasteiger partial charge in [0.05, 0.1) is 0 Å². The Hall–Kier alpha value is 0.139. The molecule has 0 fully saturated rings. The van der Waals surface area contributed by atoms with Crippen molar-refractivity contribution in [2.45, 2.75) is 0 Å². The first kappa shape index (κ1) is 9.23. The number of fused-ring (bicyclic) bond motifs is 1. The van der Waals surface area contributed by atoms with E-state index in [1.165, 1.54) is 9.65 Å². The van der Waals surface area contributed by atoms with E-state index in [9.17, 15) is 0 Å². The molecule has 0 saturated carbocycles. The number of aromatic nitrogens is 1. The van der Waals surface area contributed by atoms with Gasteiger partial charge in [-0.3, -0.25) is 0 Å². The monoisotopic (exact) mass is 325 g/mol. The molecular formula is C8H8INSe. The minimum atomic E-state index is 0. The van der Waals surface area contributed by atoms with E-state index in [0.29, 0.717) is 14.7 Å². The molecule has 0 saturated heterocycles. The second-order valence-corrected chi connectivity index (χ2v) is 4.82. The number of rotatable bonds is 0. The summed E-state index contributed by atoms with van der Waals surface area (Å²) >= 11 is 0.538. The van der Waals surface area contributed by atoms with E-state index >= 15 is 0 Å². The number of aryl methyl sites for hydroxylation is 1. The third-order valence-electron chi connectivity index (χ3n) is 1.48. The van der Waals surface area contributed by atoms with Crippen LogP contribution in [-0.2, 0) is 7.05 Å². The van der Waals surface area contributed by atoms with E-state index in [-0.39, 0.29) is 24.0 Å². The SMILES string of the molecule is C[n+]1cc2ccccc2[se]1.[I-]. The molecule has 0 spiro atoms. The molecule has 0 bridgehead atoms. The smallest absolute Gasteiger partial charge is 1.00 e. The molecule has 1 aromatic heterocycles. The Bertz CT molecular complexity index is 323. The standard InChI is InChI=1S/C8H8NSe.HI/c1-9-6-7-4-2-3-5-8(7)10-9;/h2-6H,1H3;1H/q+1;/p-1. The first-order valence-corrected chi connectivity index (χ1v) is 4.83. The summed E-state index contributed by atoms with van der Waals surface area (Å²) in [6.45, 7) is 0. The van der Waals surface area contributed by atoms with E-state index in [1.807, 2.05) is 0 Å². The Morgan fingerprint density at radius 2 is 2.00 bits per heavy atom. The summed E-state index contributed by atoms with van der Waals surface area (Å²) in [4.78, 5) is 0. The van der Waals surface area contributed by atoms with Crippen molar-refractivity contribution in [1.82, 2.24) is 0 Å². The van der Waals surface area contributed by atoms with Crippen molar-refractivity contribution >= 4 is 24.4 Å². The topological polar surface area (TPSA) is 3.88 Å². The summed E-state index contributed by atoms with van der Waals surface area (Å²) in [5.41, 5.74) is 0. The van der Waals surface area contributed by atoms with E-state index in [1.54, 1.807) is 0 Å². The van der Waals surface area contributed by atoms with Crippen molar-refractivity contribution < 1.29 is 27.5 Å². The van der Waals surface area contributed by atoms with Gasteiger partial charge in [-0.2, -0.15) is 0 Å². The molecule has 11 heavy (non-hydrogen) atoms. The van der Waals surface area contributed by atoms with Gasteiger partial charge >= 0.3 is 65.5 Å². The van der Waals surface area contributed by atoms with Crippen LogP contribution >= 0.6 is 0 Å². The quantitative estimate of drug-likeness (QED) is 0.380. The number of hydrogen-bond donors (Lipinski definition) is 0. The molecule has 1 aromatic carbocycles. The van der Waals surface area contributed by atoms with Crippen LogP contribution in [0.3, 0.4) is 0 Å². The largest absolute Gasteiger partial charge is 1.00 e. The molecule has 58 valence electrons. The van der Waals surface area contributed by atoms with Crippen LogP contribution < -0.4 is 27.5 Å². The molecule has 0 aliphatic carbocycles. The van der Waals surface area contributed by atoms with Crippen molar-refractivity contribution in [3.63, 3.8) is 0 Å². The molecule has 0 aliphatic heterocycles. The molecule has 0 amide bonds. The van der Waals surface area contributed by atoms with Gasteiger partial charge in [0.25, 0.3) is 0 Å². The first-order valence-electron chi connectivity index (χ1n) is 3.21. The van der Waals surface area contributed by atoms with E-state index in [0.717, 1.165) is 0 Å². The van der Waals surface area contributed by atoms with Crippen molar-refractivity contribution in [2.75, 3.05) is 0 Å². The van der Waals surface area contributed by atoms with Crippen molar-refractivity contribution in [2.24, 2.45) is 7.05 Å². The molecule has 2 aromatic rings. The fourth-order valence-electron chi connectivity index (χ4n) is 1.05. The van der Waals surface area contributed by atoms with Crippen LogP contribution in [0.5, 0.6) is 0 Å². The second-order valence-electron chi connectivity index (χ2n) is 2.30. The summed E-state index contributed by atoms with van der Waals surface area (Å²) in [5.74, 6) is 0. The van der Waals surface area contributed by atoms with Gasteiger partial charge in [-0.25, -0.2) is 0 Å². The first-order chi connectivity index (χ1) is 4.86. The number of halogens is 1. The predicted molar refractivity (Wildman–Crippen MR) is 42.1 cm³/mol. The summed E-state index contributed by atoms with van der Waals surface area (Å²) in [7, 11) is 2.12. The average molecular weight is 324 g/mol. The normalized spacial score (nSPS) is 9.55. The molecule has 1 nitrogen and oxygen atoms in total. The van der Waals surface area contributed by atoms with E-state index in [4.69, 9.17) is 0 Å². The predicted octanol–water partition coefficient (Wildman–Crippen LogP) is -2.27. The van der Waals surface area contributed by atoms with E-state index in [2.05, 4.69) is 41.1 Å². The summed E-state index contributed by atoms with van der Waals surface area (Å²) < 4.78 is 3.76. The minimum absolute atomic E-state index is 0. The van der Waals surface area contributed by atoms with Gasteiger partial charge < -0.3 is 24.0 Å². The van der Waals surface area contributed by atoms with Gasteiger partial charge in [0, 0.05) is 0 Å². The van der Waals surface area contributed by atoms with Gasteiger partial charge in [-0.15, -0.1) is 0 Å². The maximum absolute atomic E-state index is 2.26. The van der Waals surface area contributed by atoms with Crippen molar-refractivity contribution in [3.05, 3.63) is 30.5 Å². The molecule has 0 radical (unpaired) electrons. The Morgan fingerprint density at radius 1 is 1.27 bits per heavy atom. The van der Waals surface area contributed by atoms with Crippen LogP contribution in [0, 0.1) is 0 Å². The zero-order valence-electron chi connectivity index (χ0n) is 6.12. The Kier molecular flexibility index (Phi) is 3.10. The Balaban J connectivity index is 0.000000605. The molecule has 0 unspecified atom stereocenters. The third kappa shape index (κ3) is 1.83. The van der Waals surface area contributed by atoms with Crippen molar-refractivity contribution in [3.8, 4) is 0 Å². The number of nitrogens with zero attached hydrogens (tertiary/aromatic N) is 1. The molecule has 0 N–H and O–H groups in total. The summed E-state index contributed by atoms with van der Waals surface area (Å²) in [6, 6.07) is 8.56. The zero-order valence-corrected chi connectivity index (χ0v) is 9.99. The molecule has 0 atom stereocenters. The maximum atomic E-state index is 2.26. The second kappa shape index (κ2) is 3.70. The minimum Gasteiger partial charge on any atom is -1.00 e. The zero-order chi connectivity index (χ0) is 6.97. The van der Waals surface area contributed by atoms with Crippen LogP contribution in [0.25, 0.3) is 9.65 Å². The van der Waals surface area contributed by atoms with Crippen LogP contribution in [0.2, 0.25) is 0 Å². The van der Waals surface area contributed by atoms with Gasteiger partial charge in [0.1, 0.15) is 0 Å². The van der Waals surface area contributed by atoms with Crippen molar-refractivity contribution in [1.29, 1.82) is 0 Å². The summed E-state index contributed by atoms with van der Waals surface area (Å²) in [5, 5.41) is 1.39. The molecule has 2 rings (SSSR count). The van der Waals surface area contributed by atoms with Gasteiger partial charge in [-0.05, 0) is 0 Å². The Labute approximate surface area is 89.0 Å². The average Bonchev–Trinajstić information content (AvgIpc) is 2.27.